The van der Waals surface area contributed by atoms with Crippen LogP contribution in [0.4, 0.5) is 10.1 Å². The van der Waals surface area contributed by atoms with Crippen LogP contribution < -0.4 is 5.32 Å². The number of carbonyl (C=O) groups is 1. The van der Waals surface area contributed by atoms with E-state index in [1.54, 1.807) is 13.0 Å². The first-order valence-corrected chi connectivity index (χ1v) is 7.33. The average molecular weight is 342 g/mol. The van der Waals surface area contributed by atoms with Gasteiger partial charge in [0.15, 0.2) is 0 Å². The minimum absolute atomic E-state index is 0.164. The molecule has 0 atom stereocenters. The molecule has 1 heterocycles. The summed E-state index contributed by atoms with van der Waals surface area (Å²) >= 11 is 4.58. The van der Waals surface area contributed by atoms with Crippen LogP contribution in [0.25, 0.3) is 0 Å². The smallest absolute Gasteiger partial charge is 0.265 e. The summed E-state index contributed by atoms with van der Waals surface area (Å²) in [6, 6.07) is 4.84. The molecule has 1 aromatic carbocycles. The van der Waals surface area contributed by atoms with Gasteiger partial charge in [0.25, 0.3) is 5.91 Å². The van der Waals surface area contributed by atoms with Crippen molar-refractivity contribution >= 4 is 38.9 Å². The van der Waals surface area contributed by atoms with E-state index in [2.05, 4.69) is 21.2 Å². The van der Waals surface area contributed by atoms with E-state index in [0.29, 0.717) is 20.6 Å². The Morgan fingerprint density at radius 1 is 1.21 bits per heavy atom. The van der Waals surface area contributed by atoms with Gasteiger partial charge in [0.2, 0.25) is 0 Å². The standard InChI is InChI=1S/C14H13BrFNOS/c1-7-5-13(19-9(7)3)14(18)17-12-6-10(15)11(16)4-8(12)2/h4-6H,1-3H3,(H,17,18). The molecule has 0 radical (unpaired) electrons. The van der Waals surface area contributed by atoms with Crippen LogP contribution in [0.5, 0.6) is 0 Å². The fraction of sp³-hybridized carbons (Fsp3) is 0.214. The summed E-state index contributed by atoms with van der Waals surface area (Å²) in [5.41, 5.74) is 2.41. The molecular weight excluding hydrogens is 329 g/mol. The predicted molar refractivity (Wildman–Crippen MR) is 80.6 cm³/mol. The van der Waals surface area contributed by atoms with Gasteiger partial charge < -0.3 is 5.32 Å². The second kappa shape index (κ2) is 5.43. The van der Waals surface area contributed by atoms with Gasteiger partial charge >= 0.3 is 0 Å². The molecule has 1 aromatic heterocycles. The third-order valence-corrected chi connectivity index (χ3v) is 4.66. The van der Waals surface area contributed by atoms with Gasteiger partial charge in [0, 0.05) is 10.6 Å². The SMILES string of the molecule is Cc1cc(F)c(Br)cc1NC(=O)c1cc(C)c(C)s1. The lowest BCUT2D eigenvalue weighted by Crippen LogP contribution is -2.11. The number of carbonyl (C=O) groups excluding carboxylic acids is 1. The number of hydrogen-bond acceptors (Lipinski definition) is 2. The highest BCUT2D eigenvalue weighted by Gasteiger charge is 2.13. The number of hydrogen-bond donors (Lipinski definition) is 1. The summed E-state index contributed by atoms with van der Waals surface area (Å²) in [6.45, 7) is 5.72. The predicted octanol–water partition coefficient (Wildman–Crippen LogP) is 4.83. The van der Waals surface area contributed by atoms with Crippen LogP contribution in [-0.4, -0.2) is 5.91 Å². The Morgan fingerprint density at radius 3 is 2.47 bits per heavy atom. The number of rotatable bonds is 2. The number of thiophene rings is 1. The first kappa shape index (κ1) is 14.2. The Morgan fingerprint density at radius 2 is 1.89 bits per heavy atom. The molecule has 0 saturated carbocycles. The zero-order valence-electron chi connectivity index (χ0n) is 10.8. The van der Waals surface area contributed by atoms with E-state index in [1.807, 2.05) is 19.9 Å². The molecule has 0 spiro atoms. The lowest BCUT2D eigenvalue weighted by Gasteiger charge is -2.08. The molecule has 0 saturated heterocycles. The number of nitrogens with one attached hydrogen (secondary N) is 1. The number of anilines is 1. The van der Waals surface area contributed by atoms with E-state index in [-0.39, 0.29) is 11.7 Å². The monoisotopic (exact) mass is 341 g/mol. The van der Waals surface area contributed by atoms with E-state index in [4.69, 9.17) is 0 Å². The molecule has 0 aliphatic rings. The minimum atomic E-state index is -0.335. The van der Waals surface area contributed by atoms with Crippen molar-refractivity contribution in [1.82, 2.24) is 0 Å². The van der Waals surface area contributed by atoms with Crippen molar-refractivity contribution in [3.63, 3.8) is 0 Å². The number of amides is 1. The Kier molecular flexibility index (Phi) is 4.06. The Labute approximate surface area is 123 Å². The third kappa shape index (κ3) is 3.04. The molecule has 2 aromatic rings. The molecule has 5 heteroatoms. The highest BCUT2D eigenvalue weighted by atomic mass is 79.9. The summed E-state index contributed by atoms with van der Waals surface area (Å²) in [7, 11) is 0. The van der Waals surface area contributed by atoms with Crippen molar-refractivity contribution in [3.8, 4) is 0 Å². The largest absolute Gasteiger partial charge is 0.321 e. The van der Waals surface area contributed by atoms with Gasteiger partial charge in [-0.3, -0.25) is 4.79 Å². The van der Waals surface area contributed by atoms with E-state index in [9.17, 15) is 9.18 Å². The van der Waals surface area contributed by atoms with Crippen LogP contribution in [0, 0.1) is 26.6 Å². The highest BCUT2D eigenvalue weighted by Crippen LogP contribution is 2.26. The maximum absolute atomic E-state index is 13.3. The second-order valence-electron chi connectivity index (χ2n) is 4.39. The van der Waals surface area contributed by atoms with Gasteiger partial charge in [0.1, 0.15) is 5.82 Å². The van der Waals surface area contributed by atoms with Crippen molar-refractivity contribution in [2.24, 2.45) is 0 Å². The van der Waals surface area contributed by atoms with Gasteiger partial charge in [-0.1, -0.05) is 0 Å². The maximum Gasteiger partial charge on any atom is 0.265 e. The summed E-state index contributed by atoms with van der Waals surface area (Å²) in [5.74, 6) is -0.499. The molecule has 0 fully saturated rings. The Hall–Kier alpha value is -1.20. The molecule has 100 valence electrons. The lowest BCUT2D eigenvalue weighted by atomic mass is 10.2. The molecule has 0 aliphatic carbocycles. The van der Waals surface area contributed by atoms with Gasteiger partial charge in [-0.2, -0.15) is 0 Å². The fourth-order valence-corrected chi connectivity index (χ4v) is 2.92. The zero-order chi connectivity index (χ0) is 14.2. The molecular formula is C14H13BrFNOS. The Bertz CT molecular complexity index is 632. The molecule has 0 bridgehead atoms. The maximum atomic E-state index is 13.3. The minimum Gasteiger partial charge on any atom is -0.321 e. The molecule has 2 rings (SSSR count). The van der Waals surface area contributed by atoms with E-state index >= 15 is 0 Å². The van der Waals surface area contributed by atoms with Gasteiger partial charge in [-0.15, -0.1) is 11.3 Å². The van der Waals surface area contributed by atoms with Gasteiger partial charge in [0.05, 0.1) is 9.35 Å². The lowest BCUT2D eigenvalue weighted by molar-refractivity contribution is 0.103. The topological polar surface area (TPSA) is 29.1 Å². The van der Waals surface area contributed by atoms with Crippen LogP contribution >= 0.6 is 27.3 Å². The van der Waals surface area contributed by atoms with Gasteiger partial charge in [-0.25, -0.2) is 4.39 Å². The third-order valence-electron chi connectivity index (χ3n) is 2.91. The number of benzene rings is 1. The fourth-order valence-electron chi connectivity index (χ4n) is 1.65. The highest BCUT2D eigenvalue weighted by molar-refractivity contribution is 9.10. The summed E-state index contributed by atoms with van der Waals surface area (Å²) < 4.78 is 13.7. The molecule has 19 heavy (non-hydrogen) atoms. The summed E-state index contributed by atoms with van der Waals surface area (Å²) in [6.07, 6.45) is 0. The van der Waals surface area contributed by atoms with E-state index in [1.165, 1.54) is 17.4 Å². The van der Waals surface area contributed by atoms with E-state index < -0.39 is 0 Å². The quantitative estimate of drug-likeness (QED) is 0.832. The van der Waals surface area contributed by atoms with Crippen LogP contribution in [0.1, 0.15) is 25.7 Å². The number of aryl methyl sites for hydroxylation is 3. The average Bonchev–Trinajstić information content (AvgIpc) is 2.67. The van der Waals surface area contributed by atoms with Crippen molar-refractivity contribution in [1.29, 1.82) is 0 Å². The molecule has 1 N–H and O–H groups in total. The summed E-state index contributed by atoms with van der Waals surface area (Å²) in [5, 5.41) is 2.81. The van der Waals surface area contributed by atoms with Crippen LogP contribution in [-0.2, 0) is 0 Å². The molecule has 0 unspecified atom stereocenters. The van der Waals surface area contributed by atoms with Crippen LogP contribution in [0.2, 0.25) is 0 Å². The van der Waals surface area contributed by atoms with Crippen molar-refractivity contribution < 1.29 is 9.18 Å². The molecule has 2 nitrogen and oxygen atoms in total. The first-order chi connectivity index (χ1) is 8.88. The zero-order valence-corrected chi connectivity index (χ0v) is 13.2. The van der Waals surface area contributed by atoms with Crippen molar-refractivity contribution in [2.75, 3.05) is 5.32 Å². The van der Waals surface area contributed by atoms with Crippen molar-refractivity contribution in [3.05, 3.63) is 49.4 Å². The van der Waals surface area contributed by atoms with Crippen molar-refractivity contribution in [2.45, 2.75) is 20.8 Å². The van der Waals surface area contributed by atoms with Crippen LogP contribution in [0.3, 0.4) is 0 Å². The van der Waals surface area contributed by atoms with E-state index in [0.717, 1.165) is 10.4 Å². The first-order valence-electron chi connectivity index (χ1n) is 5.72. The number of halogens is 2. The molecule has 1 amide bonds. The van der Waals surface area contributed by atoms with Crippen LogP contribution in [0.15, 0.2) is 22.7 Å². The normalized spacial score (nSPS) is 10.6. The molecule has 0 aliphatic heterocycles. The Balaban J connectivity index is 2.26. The van der Waals surface area contributed by atoms with Gasteiger partial charge in [-0.05, 0) is 66.0 Å². The second-order valence-corrected chi connectivity index (χ2v) is 6.50. The summed E-state index contributed by atoms with van der Waals surface area (Å²) in [4.78, 5) is 13.9.